The molecule has 0 saturated heterocycles. The molecule has 1 aromatic carbocycles. The fraction of sp³-hybridized carbons (Fsp3) is 0.250. The predicted molar refractivity (Wildman–Crippen MR) is 91.7 cm³/mol. The van der Waals surface area contributed by atoms with Crippen LogP contribution in [0.15, 0.2) is 42.6 Å². The van der Waals surface area contributed by atoms with E-state index >= 15 is 0 Å². The molecule has 6 heteroatoms. The summed E-state index contributed by atoms with van der Waals surface area (Å²) >= 11 is 5.24. The van der Waals surface area contributed by atoms with E-state index in [1.54, 1.807) is 20.4 Å². The van der Waals surface area contributed by atoms with E-state index in [0.29, 0.717) is 11.7 Å². The molecule has 0 aliphatic rings. The molecular formula is C16H19N3O2S. The molecule has 1 aromatic heterocycles. The number of hydrogen-bond donors (Lipinski definition) is 2. The molecule has 0 saturated carbocycles. The van der Waals surface area contributed by atoms with Crippen LogP contribution in [0.3, 0.4) is 0 Å². The molecular weight excluding hydrogens is 298 g/mol. The van der Waals surface area contributed by atoms with Gasteiger partial charge in [0.15, 0.2) is 5.11 Å². The number of thiocarbonyl (C=S) groups is 1. The Balaban J connectivity index is 1.84. The molecule has 1 heterocycles. The Kier molecular flexibility index (Phi) is 5.97. The number of nitrogens with zero attached hydrogens (tertiary/aromatic N) is 1. The summed E-state index contributed by atoms with van der Waals surface area (Å²) < 4.78 is 10.6. The van der Waals surface area contributed by atoms with Gasteiger partial charge < -0.3 is 20.1 Å². The maximum atomic E-state index is 5.37. The highest BCUT2D eigenvalue weighted by Gasteiger charge is 2.05. The summed E-state index contributed by atoms with van der Waals surface area (Å²) in [6.45, 7) is 0.696. The molecule has 0 spiro atoms. The van der Waals surface area contributed by atoms with Crippen LogP contribution in [-0.4, -0.2) is 30.9 Å². The molecule has 0 atom stereocenters. The van der Waals surface area contributed by atoms with E-state index in [0.717, 1.165) is 29.3 Å². The van der Waals surface area contributed by atoms with Crippen molar-refractivity contribution < 1.29 is 9.47 Å². The van der Waals surface area contributed by atoms with E-state index < -0.39 is 0 Å². The third kappa shape index (κ3) is 4.60. The second-order valence-corrected chi connectivity index (χ2v) is 4.93. The Hall–Kier alpha value is -2.34. The molecule has 116 valence electrons. The van der Waals surface area contributed by atoms with Crippen LogP contribution in [0, 0.1) is 0 Å². The van der Waals surface area contributed by atoms with Gasteiger partial charge >= 0.3 is 0 Å². The van der Waals surface area contributed by atoms with E-state index in [4.69, 9.17) is 21.7 Å². The minimum atomic E-state index is 0.547. The number of aromatic nitrogens is 1. The zero-order chi connectivity index (χ0) is 15.8. The minimum absolute atomic E-state index is 0.547. The summed E-state index contributed by atoms with van der Waals surface area (Å²) in [6, 6.07) is 11.4. The van der Waals surface area contributed by atoms with E-state index in [9.17, 15) is 0 Å². The molecule has 2 N–H and O–H groups in total. The zero-order valence-electron chi connectivity index (χ0n) is 12.6. The molecule has 0 radical (unpaired) electrons. The van der Waals surface area contributed by atoms with Gasteiger partial charge in [0.25, 0.3) is 0 Å². The van der Waals surface area contributed by atoms with E-state index in [1.807, 2.05) is 36.4 Å². The van der Waals surface area contributed by atoms with Crippen molar-refractivity contribution in [2.45, 2.75) is 6.42 Å². The van der Waals surface area contributed by atoms with Crippen molar-refractivity contribution in [1.82, 2.24) is 10.3 Å². The van der Waals surface area contributed by atoms with Gasteiger partial charge in [-0.2, -0.15) is 0 Å². The molecule has 5 nitrogen and oxygen atoms in total. The molecule has 0 aliphatic carbocycles. The largest absolute Gasteiger partial charge is 0.497 e. The normalized spacial score (nSPS) is 9.91. The first-order valence-electron chi connectivity index (χ1n) is 6.89. The Labute approximate surface area is 135 Å². The first-order valence-corrected chi connectivity index (χ1v) is 7.30. The van der Waals surface area contributed by atoms with Crippen LogP contribution in [0.25, 0.3) is 0 Å². The van der Waals surface area contributed by atoms with Gasteiger partial charge in [-0.25, -0.2) is 4.98 Å². The van der Waals surface area contributed by atoms with Crippen molar-refractivity contribution >= 4 is 23.1 Å². The fourth-order valence-corrected chi connectivity index (χ4v) is 2.17. The van der Waals surface area contributed by atoms with Crippen LogP contribution in [0.1, 0.15) is 5.56 Å². The smallest absolute Gasteiger partial charge is 0.171 e. The first kappa shape index (κ1) is 16.0. The number of pyridine rings is 1. The minimum Gasteiger partial charge on any atom is -0.497 e. The highest BCUT2D eigenvalue weighted by Crippen LogP contribution is 2.24. The lowest BCUT2D eigenvalue weighted by Gasteiger charge is -2.12. The van der Waals surface area contributed by atoms with Crippen molar-refractivity contribution in [2.75, 3.05) is 26.1 Å². The van der Waals surface area contributed by atoms with Gasteiger partial charge in [0, 0.05) is 18.8 Å². The molecule has 22 heavy (non-hydrogen) atoms. The van der Waals surface area contributed by atoms with E-state index in [-0.39, 0.29) is 0 Å². The van der Waals surface area contributed by atoms with Crippen LogP contribution < -0.4 is 20.1 Å². The predicted octanol–water partition coefficient (Wildman–Crippen LogP) is 2.63. The number of rotatable bonds is 6. The van der Waals surface area contributed by atoms with Crippen molar-refractivity contribution in [3.63, 3.8) is 0 Å². The van der Waals surface area contributed by atoms with Crippen molar-refractivity contribution in [2.24, 2.45) is 0 Å². The Morgan fingerprint density at radius 3 is 2.73 bits per heavy atom. The fourth-order valence-electron chi connectivity index (χ4n) is 1.97. The monoisotopic (exact) mass is 317 g/mol. The molecule has 0 bridgehead atoms. The highest BCUT2D eigenvalue weighted by atomic mass is 32.1. The van der Waals surface area contributed by atoms with Crippen LogP contribution in [0.5, 0.6) is 11.5 Å². The van der Waals surface area contributed by atoms with Crippen LogP contribution in [0.2, 0.25) is 0 Å². The van der Waals surface area contributed by atoms with Gasteiger partial charge in [-0.3, -0.25) is 0 Å². The lowest BCUT2D eigenvalue weighted by molar-refractivity contribution is 0.391. The van der Waals surface area contributed by atoms with Crippen LogP contribution >= 0.6 is 12.2 Å². The summed E-state index contributed by atoms with van der Waals surface area (Å²) in [5.41, 5.74) is 1.09. The Morgan fingerprint density at radius 1 is 1.18 bits per heavy atom. The molecule has 0 aliphatic heterocycles. The topological polar surface area (TPSA) is 55.4 Å². The van der Waals surface area contributed by atoms with Crippen molar-refractivity contribution in [1.29, 1.82) is 0 Å². The molecule has 0 unspecified atom stereocenters. The lowest BCUT2D eigenvalue weighted by atomic mass is 10.1. The van der Waals surface area contributed by atoms with Gasteiger partial charge in [-0.05, 0) is 42.4 Å². The number of anilines is 1. The SMILES string of the molecule is COc1ccc(CCNC(=S)Nc2ccccn2)c(OC)c1. The number of benzene rings is 1. The number of hydrogen-bond acceptors (Lipinski definition) is 4. The van der Waals surface area contributed by atoms with E-state index in [2.05, 4.69) is 15.6 Å². The van der Waals surface area contributed by atoms with Crippen LogP contribution in [-0.2, 0) is 6.42 Å². The summed E-state index contributed by atoms with van der Waals surface area (Å²) in [6.07, 6.45) is 2.50. The summed E-state index contributed by atoms with van der Waals surface area (Å²) in [5, 5.41) is 6.73. The van der Waals surface area contributed by atoms with Gasteiger partial charge in [-0.1, -0.05) is 12.1 Å². The van der Waals surface area contributed by atoms with E-state index in [1.165, 1.54) is 0 Å². The summed E-state index contributed by atoms with van der Waals surface area (Å²) in [7, 11) is 3.29. The van der Waals surface area contributed by atoms with Gasteiger partial charge in [-0.15, -0.1) is 0 Å². The zero-order valence-corrected chi connectivity index (χ0v) is 13.4. The van der Waals surface area contributed by atoms with Gasteiger partial charge in [0.2, 0.25) is 0 Å². The number of ether oxygens (including phenoxy) is 2. The average Bonchev–Trinajstić information content (AvgIpc) is 2.56. The van der Waals surface area contributed by atoms with Crippen molar-refractivity contribution in [3.8, 4) is 11.5 Å². The molecule has 2 rings (SSSR count). The standard InChI is InChI=1S/C16H19N3O2S/c1-20-13-7-6-12(14(11-13)21-2)8-10-18-16(22)19-15-5-3-4-9-17-15/h3-7,9,11H,8,10H2,1-2H3,(H2,17,18,19,22). The first-order chi connectivity index (χ1) is 10.7. The van der Waals surface area contributed by atoms with Gasteiger partial charge in [0.05, 0.1) is 14.2 Å². The lowest BCUT2D eigenvalue weighted by Crippen LogP contribution is -2.30. The van der Waals surface area contributed by atoms with Crippen molar-refractivity contribution in [3.05, 3.63) is 48.2 Å². The average molecular weight is 317 g/mol. The number of methoxy groups -OCH3 is 2. The second-order valence-electron chi connectivity index (χ2n) is 4.52. The highest BCUT2D eigenvalue weighted by molar-refractivity contribution is 7.80. The molecule has 0 amide bonds. The Bertz CT molecular complexity index is 620. The van der Waals surface area contributed by atoms with Gasteiger partial charge in [0.1, 0.15) is 17.3 Å². The maximum absolute atomic E-state index is 5.37. The third-order valence-corrected chi connectivity index (χ3v) is 3.33. The quantitative estimate of drug-likeness (QED) is 0.799. The number of nitrogens with one attached hydrogen (secondary N) is 2. The summed E-state index contributed by atoms with van der Waals surface area (Å²) in [4.78, 5) is 4.16. The second kappa shape index (κ2) is 8.19. The summed E-state index contributed by atoms with van der Waals surface area (Å²) in [5.74, 6) is 2.31. The molecule has 0 fully saturated rings. The third-order valence-electron chi connectivity index (χ3n) is 3.08. The van der Waals surface area contributed by atoms with Crippen LogP contribution in [0.4, 0.5) is 5.82 Å². The maximum Gasteiger partial charge on any atom is 0.171 e. The Morgan fingerprint density at radius 2 is 2.05 bits per heavy atom. The molecule has 2 aromatic rings.